The summed E-state index contributed by atoms with van der Waals surface area (Å²) in [6.45, 7) is 4.57. The van der Waals surface area contributed by atoms with Crippen molar-refractivity contribution in [2.24, 2.45) is 0 Å². The third-order valence-electron chi connectivity index (χ3n) is 3.39. The second-order valence-electron chi connectivity index (χ2n) is 5.43. The number of hydrogen-bond donors (Lipinski definition) is 2. The molecule has 25 heavy (non-hydrogen) atoms. The zero-order chi connectivity index (χ0) is 17.6. The van der Waals surface area contributed by atoms with E-state index in [0.717, 1.165) is 33.1 Å². The number of hydrogen-bond acceptors (Lipinski definition) is 5. The Morgan fingerprint density at radius 3 is 2.24 bits per heavy atom. The zero-order valence-electron chi connectivity index (χ0n) is 14.1. The molecule has 0 aliphatic rings. The van der Waals surface area contributed by atoms with Gasteiger partial charge in [-0.05, 0) is 62.4 Å². The molecule has 0 aliphatic carbocycles. The number of nitrogens with one attached hydrogen (secondary N) is 2. The van der Waals surface area contributed by atoms with Crippen LogP contribution in [0.2, 0.25) is 0 Å². The van der Waals surface area contributed by atoms with Crippen LogP contribution in [0.4, 0.5) is 23.1 Å². The molecular formula is C19H19BrN4O. The van der Waals surface area contributed by atoms with E-state index in [2.05, 4.69) is 36.5 Å². The number of nitrogens with zero attached hydrogens (tertiary/aromatic N) is 2. The molecule has 1 aromatic heterocycles. The molecule has 0 spiro atoms. The van der Waals surface area contributed by atoms with Crippen LogP contribution in [0.3, 0.4) is 0 Å². The van der Waals surface area contributed by atoms with Gasteiger partial charge in [0.05, 0.1) is 6.61 Å². The SMILES string of the molecule is CCOc1ccc(Nc2cc(C)nc(Nc3ccc(Br)cc3)n2)cc1. The summed E-state index contributed by atoms with van der Waals surface area (Å²) in [6.07, 6.45) is 0. The van der Waals surface area contributed by atoms with Crippen molar-refractivity contribution < 1.29 is 4.74 Å². The van der Waals surface area contributed by atoms with Gasteiger partial charge in [-0.2, -0.15) is 4.98 Å². The summed E-state index contributed by atoms with van der Waals surface area (Å²) in [5.74, 6) is 2.14. The highest BCUT2D eigenvalue weighted by atomic mass is 79.9. The average Bonchev–Trinajstić information content (AvgIpc) is 2.58. The molecule has 0 radical (unpaired) electrons. The van der Waals surface area contributed by atoms with Gasteiger partial charge >= 0.3 is 0 Å². The van der Waals surface area contributed by atoms with Gasteiger partial charge in [0, 0.05) is 27.6 Å². The van der Waals surface area contributed by atoms with E-state index in [1.54, 1.807) is 0 Å². The van der Waals surface area contributed by atoms with Crippen LogP contribution < -0.4 is 15.4 Å². The summed E-state index contributed by atoms with van der Waals surface area (Å²) in [7, 11) is 0. The number of aryl methyl sites for hydroxylation is 1. The molecule has 3 aromatic rings. The Balaban J connectivity index is 1.75. The van der Waals surface area contributed by atoms with E-state index in [-0.39, 0.29) is 0 Å². The van der Waals surface area contributed by atoms with Crippen molar-refractivity contribution in [2.45, 2.75) is 13.8 Å². The molecule has 0 amide bonds. The fourth-order valence-electron chi connectivity index (χ4n) is 2.30. The Bertz CT molecular complexity index is 835. The number of ether oxygens (including phenoxy) is 1. The van der Waals surface area contributed by atoms with E-state index in [1.165, 1.54) is 0 Å². The van der Waals surface area contributed by atoms with Crippen molar-refractivity contribution in [1.82, 2.24) is 9.97 Å². The summed E-state index contributed by atoms with van der Waals surface area (Å²) in [6, 6.07) is 17.6. The highest BCUT2D eigenvalue weighted by molar-refractivity contribution is 9.10. The summed E-state index contributed by atoms with van der Waals surface area (Å²) < 4.78 is 6.49. The van der Waals surface area contributed by atoms with Crippen molar-refractivity contribution in [1.29, 1.82) is 0 Å². The minimum Gasteiger partial charge on any atom is -0.494 e. The Morgan fingerprint density at radius 2 is 1.56 bits per heavy atom. The van der Waals surface area contributed by atoms with E-state index in [4.69, 9.17) is 4.74 Å². The van der Waals surface area contributed by atoms with Gasteiger partial charge in [-0.15, -0.1) is 0 Å². The van der Waals surface area contributed by atoms with E-state index < -0.39 is 0 Å². The maximum atomic E-state index is 5.46. The Labute approximate surface area is 155 Å². The van der Waals surface area contributed by atoms with Gasteiger partial charge in [0.15, 0.2) is 0 Å². The zero-order valence-corrected chi connectivity index (χ0v) is 15.7. The van der Waals surface area contributed by atoms with Crippen molar-refractivity contribution in [3.05, 3.63) is 64.8 Å². The lowest BCUT2D eigenvalue weighted by atomic mass is 10.3. The molecule has 0 atom stereocenters. The van der Waals surface area contributed by atoms with Crippen molar-refractivity contribution in [2.75, 3.05) is 17.2 Å². The number of rotatable bonds is 6. The van der Waals surface area contributed by atoms with Crippen molar-refractivity contribution in [3.63, 3.8) is 0 Å². The number of anilines is 4. The molecule has 6 heteroatoms. The lowest BCUT2D eigenvalue weighted by Crippen LogP contribution is -2.02. The van der Waals surface area contributed by atoms with Crippen LogP contribution in [0.5, 0.6) is 5.75 Å². The Kier molecular flexibility index (Phi) is 5.50. The molecule has 5 nitrogen and oxygen atoms in total. The van der Waals surface area contributed by atoms with Crippen molar-refractivity contribution in [3.8, 4) is 5.75 Å². The molecule has 0 aliphatic heterocycles. The third-order valence-corrected chi connectivity index (χ3v) is 3.92. The molecule has 0 saturated heterocycles. The summed E-state index contributed by atoms with van der Waals surface area (Å²) in [5, 5.41) is 6.52. The van der Waals surface area contributed by atoms with Gasteiger partial charge in [0.1, 0.15) is 11.6 Å². The molecule has 2 aromatic carbocycles. The molecule has 3 rings (SSSR count). The van der Waals surface area contributed by atoms with Gasteiger partial charge in [-0.3, -0.25) is 0 Å². The molecule has 0 unspecified atom stereocenters. The van der Waals surface area contributed by atoms with Crippen LogP contribution in [0, 0.1) is 6.92 Å². The van der Waals surface area contributed by atoms with Crippen LogP contribution in [0.1, 0.15) is 12.6 Å². The molecule has 0 fully saturated rings. The first-order valence-corrected chi connectivity index (χ1v) is 8.80. The smallest absolute Gasteiger partial charge is 0.229 e. The Morgan fingerprint density at radius 1 is 0.920 bits per heavy atom. The predicted octanol–water partition coefficient (Wildman–Crippen LogP) is 5.43. The maximum Gasteiger partial charge on any atom is 0.229 e. The minimum absolute atomic E-state index is 0.552. The number of aromatic nitrogens is 2. The lowest BCUT2D eigenvalue weighted by molar-refractivity contribution is 0.340. The maximum absolute atomic E-state index is 5.46. The van der Waals surface area contributed by atoms with E-state index >= 15 is 0 Å². The van der Waals surface area contributed by atoms with Crippen LogP contribution in [-0.4, -0.2) is 16.6 Å². The third kappa shape index (κ3) is 4.93. The van der Waals surface area contributed by atoms with Crippen LogP contribution in [0.15, 0.2) is 59.1 Å². The predicted molar refractivity (Wildman–Crippen MR) is 105 cm³/mol. The molecule has 128 valence electrons. The first-order valence-electron chi connectivity index (χ1n) is 8.00. The first-order chi connectivity index (χ1) is 12.1. The lowest BCUT2D eigenvalue weighted by Gasteiger charge is -2.11. The summed E-state index contributed by atoms with van der Waals surface area (Å²) in [5.41, 5.74) is 2.75. The topological polar surface area (TPSA) is 59.1 Å². The summed E-state index contributed by atoms with van der Waals surface area (Å²) >= 11 is 3.43. The first kappa shape index (κ1) is 17.2. The summed E-state index contributed by atoms with van der Waals surface area (Å²) in [4.78, 5) is 8.97. The molecular weight excluding hydrogens is 380 g/mol. The van der Waals surface area contributed by atoms with Gasteiger partial charge in [-0.1, -0.05) is 15.9 Å². The average molecular weight is 399 g/mol. The minimum atomic E-state index is 0.552. The Hall–Kier alpha value is -2.60. The van der Waals surface area contributed by atoms with Crippen molar-refractivity contribution >= 4 is 39.1 Å². The van der Waals surface area contributed by atoms with Crippen LogP contribution in [0.25, 0.3) is 0 Å². The monoisotopic (exact) mass is 398 g/mol. The molecule has 2 N–H and O–H groups in total. The van der Waals surface area contributed by atoms with Gasteiger partial charge in [0.2, 0.25) is 5.95 Å². The van der Waals surface area contributed by atoms with E-state index in [1.807, 2.05) is 68.4 Å². The second-order valence-corrected chi connectivity index (χ2v) is 6.35. The van der Waals surface area contributed by atoms with Gasteiger partial charge in [0.25, 0.3) is 0 Å². The normalized spacial score (nSPS) is 10.4. The molecule has 1 heterocycles. The highest BCUT2D eigenvalue weighted by Gasteiger charge is 2.04. The van der Waals surface area contributed by atoms with Crippen LogP contribution >= 0.6 is 15.9 Å². The number of halogens is 1. The fourth-order valence-corrected chi connectivity index (χ4v) is 2.56. The van der Waals surface area contributed by atoms with Gasteiger partial charge < -0.3 is 15.4 Å². The van der Waals surface area contributed by atoms with E-state index in [0.29, 0.717) is 12.6 Å². The fraction of sp³-hybridized carbons (Fsp3) is 0.158. The van der Waals surface area contributed by atoms with Gasteiger partial charge in [-0.25, -0.2) is 4.98 Å². The largest absolute Gasteiger partial charge is 0.494 e. The number of benzene rings is 2. The highest BCUT2D eigenvalue weighted by Crippen LogP contribution is 2.22. The second kappa shape index (κ2) is 7.98. The van der Waals surface area contributed by atoms with Crippen LogP contribution in [-0.2, 0) is 0 Å². The van der Waals surface area contributed by atoms with E-state index in [9.17, 15) is 0 Å². The standard InChI is InChI=1S/C19H19BrN4O/c1-3-25-17-10-8-15(9-11-17)22-18-12-13(2)21-19(24-18)23-16-6-4-14(20)5-7-16/h4-12H,3H2,1-2H3,(H2,21,22,23,24). The molecule has 0 bridgehead atoms. The quantitative estimate of drug-likeness (QED) is 0.579. The molecule has 0 saturated carbocycles.